The number of nitrogens with one attached hydrogen (secondary N) is 2. The number of amides is 1. The third-order valence-electron chi connectivity index (χ3n) is 7.75. The molecule has 0 aliphatic heterocycles. The number of methoxy groups -OCH3 is 1. The number of rotatable bonds is 16. The van der Waals surface area contributed by atoms with Crippen LogP contribution in [0.15, 0.2) is 85.5 Å². The van der Waals surface area contributed by atoms with E-state index < -0.39 is 29.8 Å². The molecule has 0 saturated heterocycles. The first kappa shape index (κ1) is 35.6. The van der Waals surface area contributed by atoms with Crippen LogP contribution in [-0.4, -0.2) is 56.7 Å². The van der Waals surface area contributed by atoms with E-state index in [1.807, 2.05) is 48.5 Å². The van der Waals surface area contributed by atoms with Gasteiger partial charge in [-0.1, -0.05) is 73.3 Å². The van der Waals surface area contributed by atoms with Gasteiger partial charge in [0.25, 0.3) is 0 Å². The Morgan fingerprint density at radius 2 is 1.61 bits per heavy atom. The van der Waals surface area contributed by atoms with E-state index >= 15 is 0 Å². The van der Waals surface area contributed by atoms with Crippen molar-refractivity contribution in [1.29, 1.82) is 0 Å². The Labute approximate surface area is 275 Å². The van der Waals surface area contributed by atoms with Crippen LogP contribution in [-0.2, 0) is 30.3 Å². The smallest absolute Gasteiger partial charge is 0.338 e. The van der Waals surface area contributed by atoms with E-state index in [1.54, 1.807) is 18.2 Å². The number of guanidine groups is 1. The maximum atomic E-state index is 13.6. The number of esters is 2. The molecule has 0 aromatic heterocycles. The summed E-state index contributed by atoms with van der Waals surface area (Å²) in [5.74, 6) is -1.68. The van der Waals surface area contributed by atoms with Gasteiger partial charge >= 0.3 is 17.9 Å². The molecule has 1 aliphatic rings. The van der Waals surface area contributed by atoms with Crippen LogP contribution in [0.2, 0.25) is 0 Å². The van der Waals surface area contributed by atoms with Crippen LogP contribution in [0.5, 0.6) is 5.75 Å². The van der Waals surface area contributed by atoms with E-state index in [2.05, 4.69) is 29.0 Å². The quantitative estimate of drug-likeness (QED) is 0.0504. The maximum Gasteiger partial charge on any atom is 0.338 e. The number of hydrogen-bond donors (Lipinski definition) is 4. The minimum atomic E-state index is -0.960. The van der Waals surface area contributed by atoms with Crippen LogP contribution < -0.4 is 38.9 Å². The minimum Gasteiger partial charge on any atom is -1.00 e. The Hall–Kier alpha value is -4.83. The molecule has 11 heteroatoms. The third kappa shape index (κ3) is 9.58. The number of carbonyl (C=O) groups excluding carboxylic acids is 3. The molecular formula is C35H41ClN4O6. The normalized spacial score (nSPS) is 12.7. The number of fused-ring (bicyclic) bond motifs is 3. The number of hydrogen-bond acceptors (Lipinski definition) is 6. The fraction of sp³-hybridized carbons (Fsp3) is 0.314. The number of halogens is 1. The summed E-state index contributed by atoms with van der Waals surface area (Å²) in [5, 5.41) is 2.80. The molecule has 3 aromatic rings. The Bertz CT molecular complexity index is 1480. The lowest BCUT2D eigenvalue weighted by atomic mass is 9.96. The molecule has 0 unspecified atom stereocenters. The van der Waals surface area contributed by atoms with Gasteiger partial charge in [-0.3, -0.25) is 26.0 Å². The second-order valence-electron chi connectivity index (χ2n) is 10.9. The molecule has 244 valence electrons. The van der Waals surface area contributed by atoms with Gasteiger partial charge in [-0.2, -0.15) is 0 Å². The first-order chi connectivity index (χ1) is 21.8. The molecule has 0 radical (unpaired) electrons. The molecule has 0 bridgehead atoms. The van der Waals surface area contributed by atoms with Crippen molar-refractivity contribution in [2.24, 2.45) is 17.4 Å². The largest absolute Gasteiger partial charge is 1.00 e. The summed E-state index contributed by atoms with van der Waals surface area (Å²) < 4.78 is 16.3. The fourth-order valence-electron chi connectivity index (χ4n) is 5.52. The minimum absolute atomic E-state index is 0. The van der Waals surface area contributed by atoms with Crippen LogP contribution in [0.1, 0.15) is 41.9 Å². The molecule has 3 aromatic carbocycles. The summed E-state index contributed by atoms with van der Waals surface area (Å²) in [4.78, 5) is 42.3. The Morgan fingerprint density at radius 1 is 0.978 bits per heavy atom. The highest BCUT2D eigenvalue weighted by molar-refractivity contribution is 5.88. The fourth-order valence-corrected chi connectivity index (χ4v) is 5.52. The van der Waals surface area contributed by atoms with Crippen LogP contribution >= 0.6 is 0 Å². The summed E-state index contributed by atoms with van der Waals surface area (Å²) >= 11 is 0. The van der Waals surface area contributed by atoms with Crippen molar-refractivity contribution in [2.45, 2.75) is 37.6 Å². The zero-order chi connectivity index (χ0) is 32.2. The van der Waals surface area contributed by atoms with Gasteiger partial charge in [0.1, 0.15) is 25.0 Å². The monoisotopic (exact) mass is 648 g/mol. The molecule has 4 rings (SSSR count). The van der Waals surface area contributed by atoms with Crippen LogP contribution in [0.4, 0.5) is 0 Å². The van der Waals surface area contributed by atoms with Gasteiger partial charge in [0.05, 0.1) is 20.1 Å². The van der Waals surface area contributed by atoms with Gasteiger partial charge in [0, 0.05) is 18.3 Å². The predicted octanol–water partition coefficient (Wildman–Crippen LogP) is -1.05. The highest BCUT2D eigenvalue weighted by Gasteiger charge is 2.31. The van der Waals surface area contributed by atoms with Crippen molar-refractivity contribution in [3.8, 4) is 16.9 Å². The van der Waals surface area contributed by atoms with Crippen molar-refractivity contribution in [3.63, 3.8) is 0 Å². The second-order valence-corrected chi connectivity index (χ2v) is 10.9. The zero-order valence-corrected chi connectivity index (χ0v) is 26.6. The number of carbonyl (C=O) groups is 3. The summed E-state index contributed by atoms with van der Waals surface area (Å²) in [6.07, 6.45) is 2.52. The first-order valence-corrected chi connectivity index (χ1v) is 15.0. The van der Waals surface area contributed by atoms with E-state index in [0.717, 1.165) is 27.8 Å². The van der Waals surface area contributed by atoms with E-state index in [1.165, 1.54) is 7.11 Å². The van der Waals surface area contributed by atoms with Crippen LogP contribution in [0.3, 0.4) is 0 Å². The Morgan fingerprint density at radius 3 is 2.20 bits per heavy atom. The zero-order valence-electron chi connectivity index (χ0n) is 25.9. The number of nitrogens with two attached hydrogens (primary N) is 2. The van der Waals surface area contributed by atoms with Crippen LogP contribution in [0.25, 0.3) is 11.1 Å². The predicted molar refractivity (Wildman–Crippen MR) is 171 cm³/mol. The standard InChI is InChI=1S/C35H40N4O6.ClH/c1-3-19-44-25-16-14-23(15-17-25)20-31(34(42)43-2)39-33(41)24(9-8-18-38-35(36)37)21-32(40)45-22-30-28-12-6-4-10-26(28)27-11-5-7-13-29(27)30;/h3-7,10-17,24,30-31H,1,8-9,18-22H2,2H3,(H,39,41)(H4,36,37,38);1H/t24-,31+;/m1./s1. The van der Waals surface area contributed by atoms with E-state index in [-0.39, 0.29) is 43.7 Å². The van der Waals surface area contributed by atoms with Crippen molar-refractivity contribution >= 4 is 23.8 Å². The summed E-state index contributed by atoms with van der Waals surface area (Å²) in [7, 11) is 1.27. The lowest BCUT2D eigenvalue weighted by Gasteiger charge is -2.21. The molecule has 6 N–H and O–H groups in total. The lowest BCUT2D eigenvalue weighted by Crippen LogP contribution is -3.00. The van der Waals surface area contributed by atoms with Gasteiger partial charge in [-0.25, -0.2) is 4.79 Å². The molecule has 0 heterocycles. The van der Waals surface area contributed by atoms with E-state index in [0.29, 0.717) is 31.7 Å². The van der Waals surface area contributed by atoms with Gasteiger partial charge in [0.2, 0.25) is 5.91 Å². The second kappa shape index (κ2) is 17.6. The SMILES string of the molecule is C=CCOc1ccc(C[C@H](NC(=O)[C@H](CCC[NH+]=C(N)N)CC(=O)OCC2c3ccccc3-c3ccccc32)C(=O)OC)cc1.[Cl-]. The highest BCUT2D eigenvalue weighted by Crippen LogP contribution is 2.44. The topological polar surface area (TPSA) is 157 Å². The van der Waals surface area contributed by atoms with Crippen molar-refractivity contribution in [3.05, 3.63) is 102 Å². The van der Waals surface area contributed by atoms with E-state index in [9.17, 15) is 14.4 Å². The molecule has 0 spiro atoms. The van der Waals surface area contributed by atoms with Crippen molar-refractivity contribution in [2.75, 3.05) is 26.9 Å². The van der Waals surface area contributed by atoms with Crippen molar-refractivity contribution in [1.82, 2.24) is 5.32 Å². The number of benzene rings is 3. The van der Waals surface area contributed by atoms with Crippen LogP contribution in [0, 0.1) is 5.92 Å². The van der Waals surface area contributed by atoms with Gasteiger partial charge in [-0.15, -0.1) is 0 Å². The lowest BCUT2D eigenvalue weighted by molar-refractivity contribution is -0.459. The van der Waals surface area contributed by atoms with Crippen molar-refractivity contribution < 1.29 is 46.0 Å². The molecule has 0 fully saturated rings. The summed E-state index contributed by atoms with van der Waals surface area (Å²) in [6, 6.07) is 22.4. The summed E-state index contributed by atoms with van der Waals surface area (Å²) in [5.41, 5.74) is 16.3. The third-order valence-corrected chi connectivity index (χ3v) is 7.75. The molecule has 46 heavy (non-hydrogen) atoms. The Kier molecular flexibility index (Phi) is 13.6. The maximum absolute atomic E-state index is 13.6. The van der Waals surface area contributed by atoms with Gasteiger partial charge in [0.15, 0.2) is 0 Å². The molecule has 10 nitrogen and oxygen atoms in total. The average Bonchev–Trinajstić information content (AvgIpc) is 3.37. The summed E-state index contributed by atoms with van der Waals surface area (Å²) in [6.45, 7) is 4.57. The molecule has 1 aliphatic carbocycles. The molecule has 0 saturated carbocycles. The highest BCUT2D eigenvalue weighted by atomic mass is 35.5. The van der Waals surface area contributed by atoms with Gasteiger partial charge in [-0.05, 0) is 52.8 Å². The molecule has 2 atom stereocenters. The van der Waals surface area contributed by atoms with Gasteiger partial charge < -0.3 is 31.9 Å². The number of ether oxygens (including phenoxy) is 3. The average molecular weight is 649 g/mol. The molecule has 1 amide bonds. The first-order valence-electron chi connectivity index (χ1n) is 15.0. The Balaban J connectivity index is 0.00000576. The molecular weight excluding hydrogens is 608 g/mol. The van der Waals surface area contributed by atoms with E-state index in [4.69, 9.17) is 25.7 Å².